The van der Waals surface area contributed by atoms with E-state index in [1.54, 1.807) is 13.4 Å². The molecule has 0 aromatic carbocycles. The van der Waals surface area contributed by atoms with Crippen molar-refractivity contribution >= 4 is 5.96 Å². The predicted octanol–water partition coefficient (Wildman–Crippen LogP) is 1.69. The molecule has 0 aliphatic carbocycles. The lowest BCUT2D eigenvalue weighted by Gasteiger charge is -2.28. The Morgan fingerprint density at radius 2 is 2.15 bits per heavy atom. The molecule has 1 aromatic rings. The van der Waals surface area contributed by atoms with Crippen molar-refractivity contribution in [1.29, 1.82) is 0 Å². The summed E-state index contributed by atoms with van der Waals surface area (Å²) in [5, 5.41) is 7.03. The van der Waals surface area contributed by atoms with Gasteiger partial charge in [-0.15, -0.1) is 0 Å². The van der Waals surface area contributed by atoms with E-state index in [2.05, 4.69) is 31.5 Å². The van der Waals surface area contributed by atoms with Gasteiger partial charge in [-0.2, -0.15) is 0 Å². The van der Waals surface area contributed by atoms with Crippen molar-refractivity contribution in [1.82, 2.24) is 20.4 Å². The van der Waals surface area contributed by atoms with Crippen LogP contribution in [0.1, 0.15) is 37.5 Å². The molecule has 1 aromatic heterocycles. The Kier molecular flexibility index (Phi) is 7.98. The zero-order valence-electron chi connectivity index (χ0n) is 16.8. The molecule has 0 saturated carbocycles. The van der Waals surface area contributed by atoms with Gasteiger partial charge in [0.2, 0.25) is 0 Å². The van der Waals surface area contributed by atoms with Gasteiger partial charge in [0.25, 0.3) is 0 Å². The Labute approximate surface area is 163 Å². The summed E-state index contributed by atoms with van der Waals surface area (Å²) in [6.07, 6.45) is 6.79. The lowest BCUT2D eigenvalue weighted by molar-refractivity contribution is 0.141. The van der Waals surface area contributed by atoms with Crippen molar-refractivity contribution in [3.8, 4) is 0 Å². The number of furan rings is 1. The maximum absolute atomic E-state index is 5.71. The fourth-order valence-electron chi connectivity index (χ4n) is 4.20. The Morgan fingerprint density at radius 3 is 2.85 bits per heavy atom. The summed E-state index contributed by atoms with van der Waals surface area (Å²) in [4.78, 5) is 9.43. The van der Waals surface area contributed by atoms with Gasteiger partial charge in [0.1, 0.15) is 5.76 Å². The number of nitrogens with one attached hydrogen (secondary N) is 2. The van der Waals surface area contributed by atoms with Crippen LogP contribution < -0.4 is 10.6 Å². The average Bonchev–Trinajstić information content (AvgIpc) is 3.46. The van der Waals surface area contributed by atoms with E-state index in [1.165, 1.54) is 25.7 Å². The van der Waals surface area contributed by atoms with Gasteiger partial charge >= 0.3 is 0 Å². The van der Waals surface area contributed by atoms with Crippen molar-refractivity contribution in [2.24, 2.45) is 4.99 Å². The van der Waals surface area contributed by atoms with Crippen molar-refractivity contribution in [3.63, 3.8) is 0 Å². The number of hydrogen-bond donors (Lipinski definition) is 2. The minimum absolute atomic E-state index is 0.255. The zero-order chi connectivity index (χ0) is 18.9. The van der Waals surface area contributed by atoms with Crippen molar-refractivity contribution in [3.05, 3.63) is 24.2 Å². The molecule has 0 amide bonds. The zero-order valence-corrected chi connectivity index (χ0v) is 16.8. The first-order valence-electron chi connectivity index (χ1n) is 10.3. The standard InChI is InChI=1S/C20H35N5O2/c1-21-20(22-15-17-7-5-11-24(17)12-14-26-2)23-16-18(19-8-6-13-27-19)25-9-3-4-10-25/h6,8,13,17-18H,3-5,7,9-12,14-16H2,1-2H3,(H2,21,22,23). The molecule has 3 heterocycles. The molecular weight excluding hydrogens is 342 g/mol. The SMILES string of the molecule is CN=C(NCC1CCCN1CCOC)NCC(c1ccco1)N1CCCC1. The van der Waals surface area contributed by atoms with Crippen LogP contribution in [-0.2, 0) is 4.74 Å². The first-order chi connectivity index (χ1) is 13.3. The highest BCUT2D eigenvalue weighted by Gasteiger charge is 2.26. The minimum atomic E-state index is 0.255. The molecule has 0 radical (unpaired) electrons. The Morgan fingerprint density at radius 1 is 1.30 bits per heavy atom. The summed E-state index contributed by atoms with van der Waals surface area (Å²) in [6, 6.07) is 4.86. The molecule has 7 heteroatoms. The lowest BCUT2D eigenvalue weighted by Crippen LogP contribution is -2.47. The fraction of sp³-hybridized carbons (Fsp3) is 0.750. The van der Waals surface area contributed by atoms with Gasteiger partial charge in [0, 0.05) is 39.8 Å². The maximum atomic E-state index is 5.71. The van der Waals surface area contributed by atoms with Gasteiger partial charge in [-0.25, -0.2) is 0 Å². The maximum Gasteiger partial charge on any atom is 0.191 e. The van der Waals surface area contributed by atoms with Gasteiger partial charge in [-0.3, -0.25) is 14.8 Å². The number of methoxy groups -OCH3 is 1. The highest BCUT2D eigenvalue weighted by atomic mass is 16.5. The number of aliphatic imine (C=N–C) groups is 1. The molecule has 2 aliphatic rings. The first kappa shape index (κ1) is 20.2. The van der Waals surface area contributed by atoms with Crippen LogP contribution >= 0.6 is 0 Å². The summed E-state index contributed by atoms with van der Waals surface area (Å²) in [6.45, 7) is 6.95. The van der Waals surface area contributed by atoms with Gasteiger partial charge in [-0.1, -0.05) is 0 Å². The van der Waals surface area contributed by atoms with Crippen LogP contribution in [-0.4, -0.2) is 81.8 Å². The van der Waals surface area contributed by atoms with Crippen LogP contribution in [0.25, 0.3) is 0 Å². The van der Waals surface area contributed by atoms with E-state index in [0.29, 0.717) is 6.04 Å². The van der Waals surface area contributed by atoms with Gasteiger partial charge in [0.05, 0.1) is 18.9 Å². The molecule has 7 nitrogen and oxygen atoms in total. The van der Waals surface area contributed by atoms with E-state index in [-0.39, 0.29) is 6.04 Å². The number of rotatable bonds is 9. The molecule has 152 valence electrons. The third-order valence-corrected chi connectivity index (χ3v) is 5.73. The Hall–Kier alpha value is -1.57. The van der Waals surface area contributed by atoms with Crippen LogP contribution in [0.3, 0.4) is 0 Å². The van der Waals surface area contributed by atoms with Gasteiger partial charge < -0.3 is 19.8 Å². The summed E-state index contributed by atoms with van der Waals surface area (Å²) < 4.78 is 10.9. The van der Waals surface area contributed by atoms with Crippen LogP contribution in [0.4, 0.5) is 0 Å². The molecular formula is C20H35N5O2. The molecule has 2 atom stereocenters. The topological polar surface area (TPSA) is 65.3 Å². The van der Waals surface area contributed by atoms with Gasteiger partial charge in [0.15, 0.2) is 5.96 Å². The van der Waals surface area contributed by atoms with Crippen LogP contribution in [0.15, 0.2) is 27.8 Å². The molecule has 2 unspecified atom stereocenters. The smallest absolute Gasteiger partial charge is 0.191 e. The summed E-state index contributed by atoms with van der Waals surface area (Å²) in [5.74, 6) is 1.89. The molecule has 27 heavy (non-hydrogen) atoms. The minimum Gasteiger partial charge on any atom is -0.468 e. The van der Waals surface area contributed by atoms with Gasteiger partial charge in [-0.05, 0) is 57.5 Å². The highest BCUT2D eigenvalue weighted by molar-refractivity contribution is 5.79. The second-order valence-corrected chi connectivity index (χ2v) is 7.43. The summed E-state index contributed by atoms with van der Waals surface area (Å²) in [7, 11) is 3.61. The highest BCUT2D eigenvalue weighted by Crippen LogP contribution is 2.24. The van der Waals surface area contributed by atoms with E-state index < -0.39 is 0 Å². The number of guanidine groups is 1. The third-order valence-electron chi connectivity index (χ3n) is 5.73. The van der Waals surface area contributed by atoms with E-state index in [4.69, 9.17) is 9.15 Å². The third kappa shape index (κ3) is 5.70. The molecule has 0 spiro atoms. The largest absolute Gasteiger partial charge is 0.468 e. The Bertz CT molecular complexity index is 557. The van der Waals surface area contributed by atoms with Crippen molar-refractivity contribution in [2.75, 3.05) is 60.0 Å². The number of hydrogen-bond acceptors (Lipinski definition) is 5. The Balaban J connectivity index is 1.49. The molecule has 0 bridgehead atoms. The van der Waals surface area contributed by atoms with E-state index in [9.17, 15) is 0 Å². The van der Waals surface area contributed by atoms with E-state index >= 15 is 0 Å². The van der Waals surface area contributed by atoms with Crippen LogP contribution in [0.5, 0.6) is 0 Å². The summed E-state index contributed by atoms with van der Waals surface area (Å²) in [5.41, 5.74) is 0. The van der Waals surface area contributed by atoms with Crippen LogP contribution in [0, 0.1) is 0 Å². The molecule has 2 fully saturated rings. The van der Waals surface area contributed by atoms with Crippen LogP contribution in [0.2, 0.25) is 0 Å². The first-order valence-corrected chi connectivity index (χ1v) is 10.3. The van der Waals surface area contributed by atoms with E-state index in [0.717, 1.165) is 57.6 Å². The van der Waals surface area contributed by atoms with E-state index in [1.807, 2.05) is 13.1 Å². The number of nitrogens with zero attached hydrogens (tertiary/aromatic N) is 3. The molecule has 2 aliphatic heterocycles. The second kappa shape index (κ2) is 10.7. The quantitative estimate of drug-likeness (QED) is 0.504. The van der Waals surface area contributed by atoms with Crippen molar-refractivity contribution in [2.45, 2.75) is 37.8 Å². The fourth-order valence-corrected chi connectivity index (χ4v) is 4.20. The second-order valence-electron chi connectivity index (χ2n) is 7.43. The average molecular weight is 378 g/mol. The molecule has 2 saturated heterocycles. The normalized spacial score (nSPS) is 23.0. The monoisotopic (exact) mass is 377 g/mol. The predicted molar refractivity (Wildman–Crippen MR) is 108 cm³/mol. The molecule has 2 N–H and O–H groups in total. The number of likely N-dealkylation sites (tertiary alicyclic amines) is 2. The lowest BCUT2D eigenvalue weighted by atomic mass is 10.2. The molecule has 3 rings (SSSR count). The summed E-state index contributed by atoms with van der Waals surface area (Å²) >= 11 is 0. The number of ether oxygens (including phenoxy) is 1. The van der Waals surface area contributed by atoms with Crippen molar-refractivity contribution < 1.29 is 9.15 Å².